The number of halogens is 1. The normalized spacial score (nSPS) is 17.9. The van der Waals surface area contributed by atoms with Gasteiger partial charge in [-0.15, -0.1) is 0 Å². The molecule has 28 heavy (non-hydrogen) atoms. The number of Topliss-reactive ketones (excluding diaryl/α,β-unsaturated/α-hetero) is 1. The molecule has 0 aliphatic carbocycles. The lowest BCUT2D eigenvalue weighted by Gasteiger charge is -2.31. The summed E-state index contributed by atoms with van der Waals surface area (Å²) >= 11 is 0. The third-order valence-electron chi connectivity index (χ3n) is 4.74. The summed E-state index contributed by atoms with van der Waals surface area (Å²) in [5.41, 5.74) is 0.984. The van der Waals surface area contributed by atoms with Crippen LogP contribution in [-0.4, -0.2) is 37.5 Å². The zero-order chi connectivity index (χ0) is 20.3. The Bertz CT molecular complexity index is 990. The number of anilines is 1. The smallest absolute Gasteiger partial charge is 0.243 e. The zero-order valence-electron chi connectivity index (χ0n) is 15.4. The van der Waals surface area contributed by atoms with E-state index in [1.165, 1.54) is 23.4 Å². The van der Waals surface area contributed by atoms with Gasteiger partial charge >= 0.3 is 0 Å². The lowest BCUT2D eigenvalue weighted by molar-refractivity contribution is -0.120. The number of ketones is 1. The molecule has 1 atom stereocenters. The van der Waals surface area contributed by atoms with Gasteiger partial charge in [-0.3, -0.25) is 9.59 Å². The van der Waals surface area contributed by atoms with E-state index in [0.29, 0.717) is 30.6 Å². The minimum atomic E-state index is -3.79. The second kappa shape index (κ2) is 8.20. The molecule has 3 rings (SSSR count). The van der Waals surface area contributed by atoms with Gasteiger partial charge in [0.1, 0.15) is 5.82 Å². The van der Waals surface area contributed by atoms with Gasteiger partial charge in [0.15, 0.2) is 5.78 Å². The quantitative estimate of drug-likeness (QED) is 0.777. The molecule has 1 heterocycles. The molecule has 0 spiro atoms. The number of hydrogen-bond donors (Lipinski definition) is 1. The number of amides is 1. The molecule has 0 saturated carbocycles. The second-order valence-electron chi connectivity index (χ2n) is 6.78. The van der Waals surface area contributed by atoms with Crippen molar-refractivity contribution in [1.29, 1.82) is 0 Å². The van der Waals surface area contributed by atoms with Gasteiger partial charge in [0, 0.05) is 24.3 Å². The Morgan fingerprint density at radius 3 is 2.54 bits per heavy atom. The van der Waals surface area contributed by atoms with Crippen LogP contribution in [0.15, 0.2) is 53.4 Å². The molecule has 1 N–H and O–H groups in total. The molecule has 6 nitrogen and oxygen atoms in total. The maximum absolute atomic E-state index is 13.1. The van der Waals surface area contributed by atoms with E-state index in [1.54, 1.807) is 24.3 Å². The van der Waals surface area contributed by atoms with Crippen LogP contribution in [0.1, 0.15) is 30.1 Å². The Morgan fingerprint density at radius 2 is 1.86 bits per heavy atom. The first-order valence-electron chi connectivity index (χ1n) is 8.95. The van der Waals surface area contributed by atoms with Crippen molar-refractivity contribution in [3.63, 3.8) is 0 Å². The molecule has 1 saturated heterocycles. The van der Waals surface area contributed by atoms with Gasteiger partial charge < -0.3 is 5.32 Å². The number of rotatable bonds is 5. The number of carbonyl (C=O) groups excluding carboxylic acids is 2. The van der Waals surface area contributed by atoms with Crippen molar-refractivity contribution in [3.05, 3.63) is 59.9 Å². The summed E-state index contributed by atoms with van der Waals surface area (Å²) < 4.78 is 39.9. The molecule has 1 amide bonds. The Balaban J connectivity index is 1.72. The summed E-state index contributed by atoms with van der Waals surface area (Å²) in [4.78, 5) is 24.1. The number of carbonyl (C=O) groups is 2. The molecule has 1 fully saturated rings. The second-order valence-corrected chi connectivity index (χ2v) is 8.72. The summed E-state index contributed by atoms with van der Waals surface area (Å²) in [7, 11) is -3.79. The summed E-state index contributed by atoms with van der Waals surface area (Å²) in [5, 5.41) is 2.76. The summed E-state index contributed by atoms with van der Waals surface area (Å²) in [6.07, 6.45) is 1.11. The minimum absolute atomic E-state index is 0.00381. The molecule has 1 aliphatic rings. The highest BCUT2D eigenvalue weighted by atomic mass is 32.2. The fraction of sp³-hybridized carbons (Fsp3) is 0.300. The van der Waals surface area contributed by atoms with E-state index in [4.69, 9.17) is 0 Å². The first-order valence-corrected chi connectivity index (χ1v) is 10.4. The molecule has 0 radical (unpaired) electrons. The molecule has 0 unspecified atom stereocenters. The van der Waals surface area contributed by atoms with Crippen molar-refractivity contribution in [2.45, 2.75) is 24.7 Å². The van der Waals surface area contributed by atoms with Crippen molar-refractivity contribution in [1.82, 2.24) is 4.31 Å². The summed E-state index contributed by atoms with van der Waals surface area (Å²) in [6, 6.07) is 11.3. The third kappa shape index (κ3) is 4.45. The van der Waals surface area contributed by atoms with Gasteiger partial charge in [-0.25, -0.2) is 12.8 Å². The van der Waals surface area contributed by atoms with Crippen LogP contribution in [0, 0.1) is 11.7 Å². The average molecular weight is 404 g/mol. The van der Waals surface area contributed by atoms with Gasteiger partial charge in [-0.1, -0.05) is 12.1 Å². The Kier molecular flexibility index (Phi) is 5.90. The maximum atomic E-state index is 13.1. The number of nitrogens with zero attached hydrogens (tertiary/aromatic N) is 1. The molecule has 2 aromatic carbocycles. The molecule has 0 bridgehead atoms. The van der Waals surface area contributed by atoms with E-state index >= 15 is 0 Å². The Morgan fingerprint density at radius 1 is 1.14 bits per heavy atom. The van der Waals surface area contributed by atoms with E-state index in [-0.39, 0.29) is 23.1 Å². The number of benzene rings is 2. The van der Waals surface area contributed by atoms with Crippen molar-refractivity contribution < 1.29 is 22.4 Å². The molecule has 0 aromatic heterocycles. The van der Waals surface area contributed by atoms with Crippen LogP contribution in [0.5, 0.6) is 0 Å². The SMILES string of the molecule is CC(=O)c1cccc(NC(=O)[C@H]2CCCN(S(=O)(=O)c3ccc(F)cc3)C2)c1. The minimum Gasteiger partial charge on any atom is -0.326 e. The number of nitrogens with one attached hydrogen (secondary N) is 1. The predicted molar refractivity (Wildman–Crippen MR) is 103 cm³/mol. The van der Waals surface area contributed by atoms with Crippen LogP contribution in [0.4, 0.5) is 10.1 Å². The highest BCUT2D eigenvalue weighted by Crippen LogP contribution is 2.25. The molecule has 2 aromatic rings. The zero-order valence-corrected chi connectivity index (χ0v) is 16.2. The van der Waals surface area contributed by atoms with Crippen LogP contribution in [0.25, 0.3) is 0 Å². The topological polar surface area (TPSA) is 83.6 Å². The van der Waals surface area contributed by atoms with Crippen molar-refractivity contribution in [2.24, 2.45) is 5.92 Å². The monoisotopic (exact) mass is 404 g/mol. The van der Waals surface area contributed by atoms with E-state index in [2.05, 4.69) is 5.32 Å². The predicted octanol–water partition coefficient (Wildman–Crippen LogP) is 3.07. The highest BCUT2D eigenvalue weighted by Gasteiger charge is 2.33. The van der Waals surface area contributed by atoms with Gasteiger partial charge in [-0.05, 0) is 56.2 Å². The Labute approximate surface area is 163 Å². The molecule has 8 heteroatoms. The van der Waals surface area contributed by atoms with Gasteiger partial charge in [0.05, 0.1) is 10.8 Å². The number of sulfonamides is 1. The fourth-order valence-electron chi connectivity index (χ4n) is 3.19. The van der Waals surface area contributed by atoms with Crippen molar-refractivity contribution in [2.75, 3.05) is 18.4 Å². The van der Waals surface area contributed by atoms with Gasteiger partial charge in [0.2, 0.25) is 15.9 Å². The van der Waals surface area contributed by atoms with E-state index < -0.39 is 21.8 Å². The first kappa shape index (κ1) is 20.2. The maximum Gasteiger partial charge on any atom is 0.243 e. The van der Waals surface area contributed by atoms with E-state index in [9.17, 15) is 22.4 Å². The molecule has 148 valence electrons. The summed E-state index contributed by atoms with van der Waals surface area (Å²) in [6.45, 7) is 1.81. The lowest BCUT2D eigenvalue weighted by Crippen LogP contribution is -2.43. The number of piperidine rings is 1. The van der Waals surface area contributed by atoms with E-state index in [1.807, 2.05) is 0 Å². The lowest BCUT2D eigenvalue weighted by atomic mass is 9.98. The van der Waals surface area contributed by atoms with Gasteiger partial charge in [0.25, 0.3) is 0 Å². The van der Waals surface area contributed by atoms with E-state index in [0.717, 1.165) is 12.1 Å². The van der Waals surface area contributed by atoms with Gasteiger partial charge in [-0.2, -0.15) is 4.31 Å². The van der Waals surface area contributed by atoms with Crippen molar-refractivity contribution in [3.8, 4) is 0 Å². The first-order chi connectivity index (χ1) is 13.3. The van der Waals surface area contributed by atoms with Crippen LogP contribution >= 0.6 is 0 Å². The fourth-order valence-corrected chi connectivity index (χ4v) is 4.71. The Hall–Kier alpha value is -2.58. The number of hydrogen-bond acceptors (Lipinski definition) is 4. The highest BCUT2D eigenvalue weighted by molar-refractivity contribution is 7.89. The van der Waals surface area contributed by atoms with Crippen LogP contribution in [0.3, 0.4) is 0 Å². The summed E-state index contributed by atoms with van der Waals surface area (Å²) in [5.74, 6) is -1.42. The van der Waals surface area contributed by atoms with Crippen LogP contribution in [0.2, 0.25) is 0 Å². The van der Waals surface area contributed by atoms with Crippen LogP contribution in [-0.2, 0) is 14.8 Å². The third-order valence-corrected chi connectivity index (χ3v) is 6.62. The standard InChI is InChI=1S/C20H21FN2O4S/c1-14(24)15-4-2-6-18(12-15)22-20(25)16-5-3-11-23(13-16)28(26,27)19-9-7-17(21)8-10-19/h2,4,6-10,12,16H,3,5,11,13H2,1H3,(H,22,25)/t16-/m0/s1. The molecular formula is C20H21FN2O4S. The largest absolute Gasteiger partial charge is 0.326 e. The van der Waals surface area contributed by atoms with Crippen LogP contribution < -0.4 is 5.32 Å². The van der Waals surface area contributed by atoms with Crippen molar-refractivity contribution >= 4 is 27.4 Å². The average Bonchev–Trinajstić information content (AvgIpc) is 2.68. The molecule has 1 aliphatic heterocycles. The molecular weight excluding hydrogens is 383 g/mol.